The Kier molecular flexibility index (Phi) is 4.90. The van der Waals surface area contributed by atoms with E-state index in [9.17, 15) is 0 Å². The van der Waals surface area contributed by atoms with Crippen LogP contribution in [0.1, 0.15) is 6.92 Å². The summed E-state index contributed by atoms with van der Waals surface area (Å²) in [4.78, 5) is 0. The third kappa shape index (κ3) is 6.20. The normalized spacial score (nSPS) is 12.6. The molecular formula is C5H11N7. The zero-order chi connectivity index (χ0) is 9.40. The molecule has 0 radical (unpaired) electrons. The third-order valence-electron chi connectivity index (χ3n) is 0.719. The van der Waals surface area contributed by atoms with Crippen molar-refractivity contribution in [3.63, 3.8) is 0 Å². The fourth-order valence-electron chi connectivity index (χ4n) is 0.345. The molecule has 6 N–H and O–H groups in total. The number of rotatable bonds is 3. The molecule has 0 heterocycles. The maximum atomic E-state index is 6.74. The van der Waals surface area contributed by atoms with E-state index in [0.717, 1.165) is 6.34 Å². The van der Waals surface area contributed by atoms with Gasteiger partial charge in [0.2, 0.25) is 5.96 Å². The minimum atomic E-state index is -0.235. The molecule has 0 saturated carbocycles. The molecule has 0 atom stereocenters. The van der Waals surface area contributed by atoms with E-state index in [1.165, 1.54) is 6.21 Å². The van der Waals surface area contributed by atoms with Crippen LogP contribution in [-0.2, 0) is 0 Å². The summed E-state index contributed by atoms with van der Waals surface area (Å²) in [5.41, 5.74) is 12.7. The molecule has 66 valence electrons. The van der Waals surface area contributed by atoms with E-state index >= 15 is 0 Å². The van der Waals surface area contributed by atoms with Crippen molar-refractivity contribution < 1.29 is 0 Å². The Labute approximate surface area is 69.7 Å². The van der Waals surface area contributed by atoms with Crippen molar-refractivity contribution in [3.8, 4) is 0 Å². The summed E-state index contributed by atoms with van der Waals surface area (Å²) in [6.45, 7) is 1.68. The predicted molar refractivity (Wildman–Crippen MR) is 49.3 cm³/mol. The summed E-state index contributed by atoms with van der Waals surface area (Å²) in [6, 6.07) is 0. The van der Waals surface area contributed by atoms with Crippen LogP contribution in [0.2, 0.25) is 0 Å². The van der Waals surface area contributed by atoms with Crippen molar-refractivity contribution in [3.05, 3.63) is 0 Å². The van der Waals surface area contributed by atoms with Gasteiger partial charge in [-0.3, -0.25) is 5.41 Å². The molecule has 12 heavy (non-hydrogen) atoms. The molecule has 0 aliphatic carbocycles. The SMILES string of the molecule is CC(/C=N/NC(=N)N)=N/N=C\N. The number of nitrogens with one attached hydrogen (secondary N) is 2. The van der Waals surface area contributed by atoms with E-state index in [0.29, 0.717) is 5.71 Å². The number of hydrogen-bond donors (Lipinski definition) is 4. The van der Waals surface area contributed by atoms with Gasteiger partial charge in [0.05, 0.1) is 11.9 Å². The Hall–Kier alpha value is -1.92. The molecule has 0 saturated heterocycles. The van der Waals surface area contributed by atoms with Gasteiger partial charge in [0, 0.05) is 0 Å². The maximum absolute atomic E-state index is 6.74. The summed E-state index contributed by atoms with van der Waals surface area (Å²) in [7, 11) is 0. The topological polar surface area (TPSA) is 125 Å². The lowest BCUT2D eigenvalue weighted by atomic mass is 10.5. The van der Waals surface area contributed by atoms with E-state index in [1.54, 1.807) is 6.92 Å². The first kappa shape index (κ1) is 10.1. The van der Waals surface area contributed by atoms with Gasteiger partial charge >= 0.3 is 0 Å². The standard InChI is InChI=1S/C5H11N7/c1-4(11-10-3-6)2-9-12-5(7)8/h2-3H,1H3,(H2,6,10)(H4,7,8,12)/b9-2+,11-4-. The summed E-state index contributed by atoms with van der Waals surface area (Å²) in [5.74, 6) is -0.235. The maximum Gasteiger partial charge on any atom is 0.206 e. The number of hydrogen-bond acceptors (Lipinski definition) is 4. The number of nitrogens with zero attached hydrogens (tertiary/aromatic N) is 3. The molecule has 0 aliphatic rings. The van der Waals surface area contributed by atoms with E-state index in [4.69, 9.17) is 16.9 Å². The number of hydrazone groups is 1. The molecule has 0 rings (SSSR count). The molecule has 0 amide bonds. The van der Waals surface area contributed by atoms with Crippen LogP contribution in [0.3, 0.4) is 0 Å². The fourth-order valence-corrected chi connectivity index (χ4v) is 0.345. The first-order chi connectivity index (χ1) is 5.66. The fraction of sp³-hybridized carbons (Fsp3) is 0.200. The Balaban J connectivity index is 3.90. The van der Waals surface area contributed by atoms with Gasteiger partial charge in [-0.05, 0) is 6.92 Å². The third-order valence-corrected chi connectivity index (χ3v) is 0.719. The molecule has 0 aromatic heterocycles. The lowest BCUT2D eigenvalue weighted by Gasteiger charge is -1.91. The van der Waals surface area contributed by atoms with Gasteiger partial charge in [-0.25, -0.2) is 5.43 Å². The number of guanidine groups is 1. The number of nitrogens with two attached hydrogens (primary N) is 2. The van der Waals surface area contributed by atoms with Gasteiger partial charge in [-0.15, -0.1) is 5.10 Å². The van der Waals surface area contributed by atoms with Crippen molar-refractivity contribution in [2.45, 2.75) is 6.92 Å². The predicted octanol–water partition coefficient (Wildman–Crippen LogP) is -1.18. The monoisotopic (exact) mass is 169 g/mol. The second kappa shape index (κ2) is 5.83. The lowest BCUT2D eigenvalue weighted by Crippen LogP contribution is -2.25. The zero-order valence-corrected chi connectivity index (χ0v) is 6.65. The van der Waals surface area contributed by atoms with Gasteiger partial charge in [-0.2, -0.15) is 10.2 Å². The van der Waals surface area contributed by atoms with Crippen molar-refractivity contribution in [1.29, 1.82) is 5.41 Å². The first-order valence-electron chi connectivity index (χ1n) is 3.07. The van der Waals surface area contributed by atoms with Gasteiger partial charge < -0.3 is 11.5 Å². The highest BCUT2D eigenvalue weighted by molar-refractivity contribution is 6.29. The minimum absolute atomic E-state index is 0.235. The first-order valence-corrected chi connectivity index (χ1v) is 3.07. The van der Waals surface area contributed by atoms with E-state index in [2.05, 4.69) is 20.7 Å². The van der Waals surface area contributed by atoms with Crippen LogP contribution < -0.4 is 16.9 Å². The molecule has 0 spiro atoms. The summed E-state index contributed by atoms with van der Waals surface area (Å²) >= 11 is 0. The molecule has 0 bridgehead atoms. The molecule has 0 aromatic carbocycles. The van der Waals surface area contributed by atoms with Gasteiger partial charge in [0.1, 0.15) is 6.34 Å². The average Bonchev–Trinajstić information content (AvgIpc) is 2.00. The van der Waals surface area contributed by atoms with E-state index in [-0.39, 0.29) is 5.96 Å². The quantitative estimate of drug-likeness (QED) is 0.241. The van der Waals surface area contributed by atoms with Gasteiger partial charge in [0.25, 0.3) is 0 Å². The lowest BCUT2D eigenvalue weighted by molar-refractivity contribution is 1.00. The van der Waals surface area contributed by atoms with Crippen molar-refractivity contribution in [2.24, 2.45) is 26.8 Å². The molecule has 0 fully saturated rings. The van der Waals surface area contributed by atoms with Crippen LogP contribution in [0, 0.1) is 5.41 Å². The largest absolute Gasteiger partial charge is 0.388 e. The molecule has 0 aliphatic heterocycles. The van der Waals surface area contributed by atoms with Crippen LogP contribution in [0.15, 0.2) is 15.3 Å². The van der Waals surface area contributed by atoms with Gasteiger partial charge in [0.15, 0.2) is 0 Å². The smallest absolute Gasteiger partial charge is 0.206 e. The Bertz CT molecular complexity index is 226. The Morgan fingerprint density at radius 1 is 1.58 bits per heavy atom. The van der Waals surface area contributed by atoms with Gasteiger partial charge in [-0.1, -0.05) is 0 Å². The summed E-state index contributed by atoms with van der Waals surface area (Å²) in [5, 5.41) is 17.3. The Morgan fingerprint density at radius 3 is 2.75 bits per heavy atom. The highest BCUT2D eigenvalue weighted by atomic mass is 15.3. The molecule has 7 heteroatoms. The minimum Gasteiger partial charge on any atom is -0.388 e. The second-order valence-corrected chi connectivity index (χ2v) is 1.79. The molecule has 0 aromatic rings. The highest BCUT2D eigenvalue weighted by Crippen LogP contribution is 1.73. The summed E-state index contributed by atoms with van der Waals surface area (Å²) in [6.07, 6.45) is 2.43. The molecule has 7 nitrogen and oxygen atoms in total. The average molecular weight is 169 g/mol. The molecular weight excluding hydrogens is 158 g/mol. The molecule has 0 unspecified atom stereocenters. The highest BCUT2D eigenvalue weighted by Gasteiger charge is 1.82. The van der Waals surface area contributed by atoms with Crippen LogP contribution in [0.5, 0.6) is 0 Å². The van der Waals surface area contributed by atoms with Crippen LogP contribution in [0.25, 0.3) is 0 Å². The van der Waals surface area contributed by atoms with Crippen LogP contribution >= 0.6 is 0 Å². The Morgan fingerprint density at radius 2 is 2.25 bits per heavy atom. The summed E-state index contributed by atoms with van der Waals surface area (Å²) < 4.78 is 0. The second-order valence-electron chi connectivity index (χ2n) is 1.79. The van der Waals surface area contributed by atoms with Crippen molar-refractivity contribution in [1.82, 2.24) is 5.43 Å². The van der Waals surface area contributed by atoms with Crippen LogP contribution in [-0.4, -0.2) is 24.2 Å². The van der Waals surface area contributed by atoms with E-state index in [1.807, 2.05) is 0 Å². The van der Waals surface area contributed by atoms with Crippen LogP contribution in [0.4, 0.5) is 0 Å². The zero-order valence-electron chi connectivity index (χ0n) is 6.65. The van der Waals surface area contributed by atoms with Crippen molar-refractivity contribution in [2.75, 3.05) is 0 Å². The van der Waals surface area contributed by atoms with E-state index < -0.39 is 0 Å². The van der Waals surface area contributed by atoms with Crippen molar-refractivity contribution >= 4 is 24.2 Å².